The highest BCUT2D eigenvalue weighted by Gasteiger charge is 2.38. The predicted molar refractivity (Wildman–Crippen MR) is 149 cm³/mol. The van der Waals surface area contributed by atoms with Crippen LogP contribution in [0, 0.1) is 5.82 Å². The number of fused-ring (bicyclic) bond motifs is 1. The van der Waals surface area contributed by atoms with Crippen LogP contribution in [0.3, 0.4) is 0 Å². The van der Waals surface area contributed by atoms with Crippen LogP contribution in [0.4, 0.5) is 28.4 Å². The van der Waals surface area contributed by atoms with Gasteiger partial charge in [-0.05, 0) is 47.9 Å². The van der Waals surface area contributed by atoms with Gasteiger partial charge in [0.05, 0.1) is 16.3 Å². The lowest BCUT2D eigenvalue weighted by Gasteiger charge is -2.24. The van der Waals surface area contributed by atoms with Crippen LogP contribution in [0.1, 0.15) is 47.3 Å². The zero-order valence-electron chi connectivity index (χ0n) is 22.1. The fraction of sp³-hybridized carbons (Fsp3) is 0.214. The van der Waals surface area contributed by atoms with E-state index in [2.05, 4.69) is 15.6 Å². The van der Waals surface area contributed by atoms with E-state index in [-0.39, 0.29) is 5.56 Å². The Morgan fingerprint density at radius 2 is 1.62 bits per heavy atom. The number of rotatable bonds is 7. The van der Waals surface area contributed by atoms with Gasteiger partial charge in [0.15, 0.2) is 11.2 Å². The first-order chi connectivity index (χ1) is 19.7. The van der Waals surface area contributed by atoms with Gasteiger partial charge in [-0.3, -0.25) is 9.59 Å². The summed E-state index contributed by atoms with van der Waals surface area (Å²) in [6, 6.07) is 16.4. The summed E-state index contributed by atoms with van der Waals surface area (Å²) in [4.78, 5) is 39.0. The Labute approximate surface area is 241 Å². The number of carbonyl (C=O) groups excluding carboxylic acids is 2. The van der Waals surface area contributed by atoms with Crippen LogP contribution in [0.5, 0.6) is 0 Å². The molecule has 0 radical (unpaired) electrons. The maximum absolute atomic E-state index is 14.6. The summed E-state index contributed by atoms with van der Waals surface area (Å²) in [5.74, 6) is -4.47. The quantitative estimate of drug-likeness (QED) is 0.180. The number of benzene rings is 3. The number of nitrogens with one attached hydrogen (secondary N) is 2. The fourth-order valence-corrected chi connectivity index (χ4v) is 4.40. The van der Waals surface area contributed by atoms with E-state index < -0.39 is 41.9 Å². The molecule has 1 aromatic heterocycles. The maximum atomic E-state index is 14.6. The second kappa shape index (κ2) is 13.4. The van der Waals surface area contributed by atoms with Crippen molar-refractivity contribution in [3.05, 3.63) is 89.2 Å². The van der Waals surface area contributed by atoms with Crippen LogP contribution < -0.4 is 16.4 Å². The molecular formula is C28H26F4N4O5S. The van der Waals surface area contributed by atoms with E-state index in [4.69, 9.17) is 15.6 Å². The van der Waals surface area contributed by atoms with Gasteiger partial charge in [0.25, 0.3) is 11.8 Å². The van der Waals surface area contributed by atoms with E-state index in [1.807, 2.05) is 26.0 Å². The predicted octanol–water partition coefficient (Wildman–Crippen LogP) is 5.25. The Bertz CT molecular complexity index is 1570. The van der Waals surface area contributed by atoms with Gasteiger partial charge in [-0.1, -0.05) is 55.5 Å². The van der Waals surface area contributed by atoms with Gasteiger partial charge in [-0.2, -0.15) is 13.2 Å². The molecule has 0 spiro atoms. The Hall–Kier alpha value is -4.56. The molecule has 0 bridgehead atoms. The number of nitrogens with two attached hydrogens (primary N) is 1. The van der Waals surface area contributed by atoms with E-state index in [9.17, 15) is 32.3 Å². The zero-order valence-corrected chi connectivity index (χ0v) is 23.0. The molecule has 0 aliphatic carbocycles. The number of carboxylic acids is 1. The van der Waals surface area contributed by atoms with Crippen LogP contribution in [-0.4, -0.2) is 45.3 Å². The van der Waals surface area contributed by atoms with E-state index >= 15 is 0 Å². The summed E-state index contributed by atoms with van der Waals surface area (Å²) in [6.45, 7) is 4.08. The molecule has 6 N–H and O–H groups in total. The second-order valence-electron chi connectivity index (χ2n) is 9.22. The summed E-state index contributed by atoms with van der Waals surface area (Å²) < 4.78 is 47.2. The molecule has 2 atom stereocenters. The third-order valence-corrected chi connectivity index (χ3v) is 6.73. The second-order valence-corrected chi connectivity index (χ2v) is 10.3. The standard InChI is InChI=1S/C26H25FN4O3S.C2HF3O2/c1-14(2)15-7-9-16(10-8-15)24(33)31-22(18-5-3-4-6-19(18)27)23(32)25(34)29-17-11-12-21-20(13-17)30-26(28)35-21;3-2(4,5)1(6)7/h3-14,22-23,32H,1-2H3,(H2,28,30)(H,29,34)(H,31,33);(H,6,7)/t22-,23+;/m0./s1. The summed E-state index contributed by atoms with van der Waals surface area (Å²) in [5.41, 5.74) is 8.09. The molecule has 2 amide bonds. The van der Waals surface area contributed by atoms with Crippen LogP contribution in [-0.2, 0) is 9.59 Å². The number of hydrogen-bond donors (Lipinski definition) is 5. The number of aromatic nitrogens is 1. The number of nitrogens with zero attached hydrogens (tertiary/aromatic N) is 1. The number of nitrogen functional groups attached to an aromatic ring is 1. The maximum Gasteiger partial charge on any atom is 0.490 e. The summed E-state index contributed by atoms with van der Waals surface area (Å²) >= 11 is 1.31. The van der Waals surface area contributed by atoms with Crippen molar-refractivity contribution in [3.63, 3.8) is 0 Å². The van der Waals surface area contributed by atoms with Crippen molar-refractivity contribution in [1.82, 2.24) is 10.3 Å². The fourth-order valence-electron chi connectivity index (χ4n) is 3.69. The highest BCUT2D eigenvalue weighted by molar-refractivity contribution is 7.22. The minimum Gasteiger partial charge on any atom is -0.475 e. The molecule has 0 saturated heterocycles. The van der Waals surface area contributed by atoms with Gasteiger partial charge in [-0.25, -0.2) is 14.2 Å². The summed E-state index contributed by atoms with van der Waals surface area (Å²) in [5, 5.41) is 23.7. The smallest absolute Gasteiger partial charge is 0.475 e. The van der Waals surface area contributed by atoms with Crippen molar-refractivity contribution >= 4 is 50.2 Å². The molecular weight excluding hydrogens is 580 g/mol. The van der Waals surface area contributed by atoms with E-state index in [1.54, 1.807) is 36.4 Å². The van der Waals surface area contributed by atoms with Crippen molar-refractivity contribution in [1.29, 1.82) is 0 Å². The third-order valence-electron chi connectivity index (χ3n) is 5.86. The third kappa shape index (κ3) is 8.24. The Morgan fingerprint density at radius 3 is 2.19 bits per heavy atom. The van der Waals surface area contributed by atoms with Crippen molar-refractivity contribution in [2.75, 3.05) is 11.1 Å². The first kappa shape index (κ1) is 32.0. The molecule has 0 aliphatic rings. The van der Waals surface area contributed by atoms with Crippen molar-refractivity contribution in [3.8, 4) is 0 Å². The average molecular weight is 607 g/mol. The van der Waals surface area contributed by atoms with E-state index in [0.29, 0.717) is 27.8 Å². The van der Waals surface area contributed by atoms with Gasteiger partial charge in [-0.15, -0.1) is 0 Å². The number of aliphatic carboxylic acids is 1. The molecule has 0 aliphatic heterocycles. The normalized spacial score (nSPS) is 12.7. The lowest BCUT2D eigenvalue weighted by molar-refractivity contribution is -0.192. The van der Waals surface area contributed by atoms with Crippen LogP contribution in [0.25, 0.3) is 10.2 Å². The molecule has 4 rings (SSSR count). The van der Waals surface area contributed by atoms with Crippen LogP contribution in [0.15, 0.2) is 66.7 Å². The van der Waals surface area contributed by atoms with Gasteiger partial charge in [0.2, 0.25) is 0 Å². The average Bonchev–Trinajstić information content (AvgIpc) is 3.30. The summed E-state index contributed by atoms with van der Waals surface area (Å²) in [6.07, 6.45) is -6.86. The molecule has 42 heavy (non-hydrogen) atoms. The first-order valence-corrected chi connectivity index (χ1v) is 13.1. The molecule has 0 saturated carbocycles. The van der Waals surface area contributed by atoms with Crippen molar-refractivity contribution < 1.29 is 42.2 Å². The SMILES string of the molecule is CC(C)c1ccc(C(=O)N[C@@H](c2ccccc2F)[C@@H](O)C(=O)Nc2ccc3sc(N)nc3c2)cc1.O=C(O)C(F)(F)F. The van der Waals surface area contributed by atoms with Crippen LogP contribution >= 0.6 is 11.3 Å². The van der Waals surface area contributed by atoms with Crippen LogP contribution in [0.2, 0.25) is 0 Å². The molecule has 14 heteroatoms. The number of amides is 2. The summed E-state index contributed by atoms with van der Waals surface area (Å²) in [7, 11) is 0. The number of aliphatic hydroxyl groups excluding tert-OH is 1. The number of alkyl halides is 3. The van der Waals surface area contributed by atoms with Crippen molar-refractivity contribution in [2.24, 2.45) is 0 Å². The number of halogens is 4. The number of carbonyl (C=O) groups is 3. The molecule has 4 aromatic rings. The minimum atomic E-state index is -5.08. The van der Waals surface area contributed by atoms with Gasteiger partial charge in [0, 0.05) is 16.8 Å². The molecule has 3 aromatic carbocycles. The molecule has 9 nitrogen and oxygen atoms in total. The first-order valence-electron chi connectivity index (χ1n) is 12.3. The molecule has 0 fully saturated rings. The number of carboxylic acid groups (broad SMARTS) is 1. The molecule has 1 heterocycles. The monoisotopic (exact) mass is 606 g/mol. The lowest BCUT2D eigenvalue weighted by Crippen LogP contribution is -2.43. The number of aliphatic hydroxyl groups is 1. The lowest BCUT2D eigenvalue weighted by atomic mass is 9.98. The Morgan fingerprint density at radius 1 is 1.00 bits per heavy atom. The highest BCUT2D eigenvalue weighted by atomic mass is 32.1. The van der Waals surface area contributed by atoms with Gasteiger partial charge in [0.1, 0.15) is 5.82 Å². The molecule has 222 valence electrons. The van der Waals surface area contributed by atoms with Gasteiger partial charge >= 0.3 is 12.1 Å². The Balaban J connectivity index is 0.000000616. The van der Waals surface area contributed by atoms with Gasteiger partial charge < -0.3 is 26.6 Å². The Kier molecular flexibility index (Phi) is 10.2. The number of anilines is 2. The molecule has 0 unspecified atom stereocenters. The van der Waals surface area contributed by atoms with E-state index in [0.717, 1.165) is 10.3 Å². The highest BCUT2D eigenvalue weighted by Crippen LogP contribution is 2.27. The van der Waals surface area contributed by atoms with Crippen molar-refractivity contribution in [2.45, 2.75) is 38.1 Å². The van der Waals surface area contributed by atoms with E-state index in [1.165, 1.54) is 29.5 Å². The topological polar surface area (TPSA) is 155 Å². The minimum absolute atomic E-state index is 0.00923. The largest absolute Gasteiger partial charge is 0.490 e. The number of thiazole rings is 1. The zero-order chi connectivity index (χ0) is 31.2. The number of hydrogen-bond acceptors (Lipinski definition) is 7.